The molecule has 1 aromatic rings. The van der Waals surface area contributed by atoms with Crippen molar-refractivity contribution in [2.75, 3.05) is 0 Å². The Balaban J connectivity index is 2.90. The molecule has 0 fully saturated rings. The monoisotopic (exact) mass is 252 g/mol. The number of pyridine rings is 1. The van der Waals surface area contributed by atoms with E-state index in [2.05, 4.69) is 10.3 Å². The highest BCUT2D eigenvalue weighted by Crippen LogP contribution is 2.29. The van der Waals surface area contributed by atoms with Crippen molar-refractivity contribution in [3.05, 3.63) is 28.5 Å². The molecule has 1 aromatic heterocycles. The predicted molar refractivity (Wildman–Crippen MR) is 56.2 cm³/mol. The first kappa shape index (κ1) is 13.3. The summed E-state index contributed by atoms with van der Waals surface area (Å²) in [5, 5.41) is 2.87. The van der Waals surface area contributed by atoms with Crippen LogP contribution in [0.4, 0.5) is 13.2 Å². The van der Waals surface area contributed by atoms with Crippen LogP contribution in [0.1, 0.15) is 25.1 Å². The molecule has 0 radical (unpaired) electrons. The summed E-state index contributed by atoms with van der Waals surface area (Å²) in [6.07, 6.45) is -4.46. The van der Waals surface area contributed by atoms with Crippen LogP contribution < -0.4 is 5.32 Å². The van der Waals surface area contributed by atoms with E-state index in [1.165, 1.54) is 6.07 Å². The van der Waals surface area contributed by atoms with E-state index in [4.69, 9.17) is 11.6 Å². The molecular weight excluding hydrogens is 241 g/mol. The number of alkyl halides is 3. The highest BCUT2D eigenvalue weighted by molar-refractivity contribution is 6.29. The van der Waals surface area contributed by atoms with Gasteiger partial charge in [0.05, 0.1) is 0 Å². The molecule has 0 aliphatic heterocycles. The minimum atomic E-state index is -4.46. The number of halogens is 4. The first-order chi connectivity index (χ1) is 7.29. The zero-order chi connectivity index (χ0) is 12.3. The number of rotatable bonds is 3. The highest BCUT2D eigenvalue weighted by Gasteiger charge is 2.33. The minimum Gasteiger partial charge on any atom is -0.310 e. The lowest BCUT2D eigenvalue weighted by molar-refractivity contribution is -0.141. The average Bonchev–Trinajstić information content (AvgIpc) is 2.12. The molecule has 0 unspecified atom stereocenters. The Morgan fingerprint density at radius 2 is 2.00 bits per heavy atom. The third-order valence-corrected chi connectivity index (χ3v) is 2.05. The fourth-order valence-corrected chi connectivity index (χ4v) is 1.35. The lowest BCUT2D eigenvalue weighted by atomic mass is 10.2. The normalized spacial score (nSPS) is 12.2. The first-order valence-corrected chi connectivity index (χ1v) is 5.14. The fourth-order valence-electron chi connectivity index (χ4n) is 1.12. The van der Waals surface area contributed by atoms with Gasteiger partial charge >= 0.3 is 6.18 Å². The minimum absolute atomic E-state index is 0.143. The maximum Gasteiger partial charge on any atom is 0.433 e. The molecule has 0 spiro atoms. The van der Waals surface area contributed by atoms with E-state index in [1.807, 2.05) is 13.8 Å². The largest absolute Gasteiger partial charge is 0.433 e. The fraction of sp³-hybridized carbons (Fsp3) is 0.500. The lowest BCUT2D eigenvalue weighted by Crippen LogP contribution is -2.22. The zero-order valence-electron chi connectivity index (χ0n) is 8.90. The van der Waals surface area contributed by atoms with Gasteiger partial charge in [0.15, 0.2) is 0 Å². The van der Waals surface area contributed by atoms with Crippen molar-refractivity contribution in [2.24, 2.45) is 0 Å². The van der Waals surface area contributed by atoms with Gasteiger partial charge in [0.1, 0.15) is 10.8 Å². The summed E-state index contributed by atoms with van der Waals surface area (Å²) in [4.78, 5) is 3.24. The van der Waals surface area contributed by atoms with Crippen molar-refractivity contribution in [3.63, 3.8) is 0 Å². The second-order valence-electron chi connectivity index (χ2n) is 3.72. The first-order valence-electron chi connectivity index (χ1n) is 4.76. The van der Waals surface area contributed by atoms with E-state index < -0.39 is 11.9 Å². The summed E-state index contributed by atoms with van der Waals surface area (Å²) in [6.45, 7) is 4.16. The van der Waals surface area contributed by atoms with Crippen LogP contribution >= 0.6 is 11.6 Å². The Hall–Kier alpha value is -0.810. The Labute approximate surface area is 96.8 Å². The highest BCUT2D eigenvalue weighted by atomic mass is 35.5. The molecule has 90 valence electrons. The molecule has 2 nitrogen and oxygen atoms in total. The van der Waals surface area contributed by atoms with Gasteiger partial charge in [0, 0.05) is 12.6 Å². The number of hydrogen-bond acceptors (Lipinski definition) is 2. The number of aromatic nitrogens is 1. The van der Waals surface area contributed by atoms with Crippen molar-refractivity contribution in [2.45, 2.75) is 32.6 Å². The molecule has 0 bridgehead atoms. The zero-order valence-corrected chi connectivity index (χ0v) is 9.65. The van der Waals surface area contributed by atoms with Gasteiger partial charge in [-0.2, -0.15) is 13.2 Å². The Kier molecular flexibility index (Phi) is 4.15. The van der Waals surface area contributed by atoms with Gasteiger partial charge in [-0.3, -0.25) is 0 Å². The van der Waals surface area contributed by atoms with E-state index >= 15 is 0 Å². The molecular formula is C10H12ClF3N2. The summed E-state index contributed by atoms with van der Waals surface area (Å²) in [5.41, 5.74) is -0.485. The summed E-state index contributed by atoms with van der Waals surface area (Å²) in [5.74, 6) is 0. The number of nitrogens with zero attached hydrogens (tertiary/aromatic N) is 1. The quantitative estimate of drug-likeness (QED) is 0.836. The molecule has 0 saturated carbocycles. The molecule has 0 aliphatic rings. The van der Waals surface area contributed by atoms with Crippen LogP contribution in [0.2, 0.25) is 5.15 Å². The van der Waals surface area contributed by atoms with Crippen LogP contribution in [-0.2, 0) is 12.7 Å². The number of nitrogens with one attached hydrogen (secondary N) is 1. The van der Waals surface area contributed by atoms with Crippen molar-refractivity contribution < 1.29 is 13.2 Å². The summed E-state index contributed by atoms with van der Waals surface area (Å²) in [6, 6.07) is 2.62. The van der Waals surface area contributed by atoms with Gasteiger partial charge in [-0.25, -0.2) is 4.98 Å². The van der Waals surface area contributed by atoms with Crippen LogP contribution in [0.15, 0.2) is 12.1 Å². The molecule has 1 heterocycles. The Morgan fingerprint density at radius 3 is 2.50 bits per heavy atom. The van der Waals surface area contributed by atoms with Gasteiger partial charge in [-0.05, 0) is 17.7 Å². The van der Waals surface area contributed by atoms with Gasteiger partial charge in [-0.1, -0.05) is 25.4 Å². The maximum absolute atomic E-state index is 12.4. The SMILES string of the molecule is CC(C)NCc1cc(Cl)nc(C(F)(F)F)c1. The topological polar surface area (TPSA) is 24.9 Å². The molecule has 0 amide bonds. The maximum atomic E-state index is 12.4. The summed E-state index contributed by atoms with van der Waals surface area (Å²) < 4.78 is 37.2. The second-order valence-corrected chi connectivity index (χ2v) is 4.10. The smallest absolute Gasteiger partial charge is 0.310 e. The van der Waals surface area contributed by atoms with E-state index in [9.17, 15) is 13.2 Å². The summed E-state index contributed by atoms with van der Waals surface area (Å²) >= 11 is 5.53. The number of hydrogen-bond donors (Lipinski definition) is 1. The van der Waals surface area contributed by atoms with Gasteiger partial charge in [-0.15, -0.1) is 0 Å². The second kappa shape index (κ2) is 5.01. The van der Waals surface area contributed by atoms with Crippen molar-refractivity contribution >= 4 is 11.6 Å². The van der Waals surface area contributed by atoms with Crippen LogP contribution in [0, 0.1) is 0 Å². The average molecular weight is 253 g/mol. The summed E-state index contributed by atoms with van der Waals surface area (Å²) in [7, 11) is 0. The molecule has 0 saturated heterocycles. The van der Waals surface area contributed by atoms with Gasteiger partial charge in [0.2, 0.25) is 0 Å². The molecule has 0 aromatic carbocycles. The van der Waals surface area contributed by atoms with E-state index in [-0.39, 0.29) is 11.2 Å². The van der Waals surface area contributed by atoms with Crippen molar-refractivity contribution in [1.82, 2.24) is 10.3 Å². The van der Waals surface area contributed by atoms with Crippen molar-refractivity contribution in [1.29, 1.82) is 0 Å². The third kappa shape index (κ3) is 3.98. The molecule has 1 N–H and O–H groups in total. The van der Waals surface area contributed by atoms with E-state index in [0.29, 0.717) is 12.1 Å². The van der Waals surface area contributed by atoms with E-state index in [0.717, 1.165) is 6.07 Å². The van der Waals surface area contributed by atoms with Crippen molar-refractivity contribution in [3.8, 4) is 0 Å². The van der Waals surface area contributed by atoms with Crippen LogP contribution in [0.3, 0.4) is 0 Å². The molecule has 0 aliphatic carbocycles. The predicted octanol–water partition coefficient (Wildman–Crippen LogP) is 3.25. The van der Waals surface area contributed by atoms with Crippen LogP contribution in [0.5, 0.6) is 0 Å². The Morgan fingerprint density at radius 1 is 1.38 bits per heavy atom. The van der Waals surface area contributed by atoms with Crippen LogP contribution in [-0.4, -0.2) is 11.0 Å². The standard InChI is InChI=1S/C10H12ClF3N2/c1-6(2)15-5-7-3-8(10(12,13)14)16-9(11)4-7/h3-4,6,15H,5H2,1-2H3. The molecule has 1 rings (SSSR count). The van der Waals surface area contributed by atoms with Gasteiger partial charge < -0.3 is 5.32 Å². The Bertz CT molecular complexity index is 364. The van der Waals surface area contributed by atoms with Crippen LogP contribution in [0.25, 0.3) is 0 Å². The lowest BCUT2D eigenvalue weighted by Gasteiger charge is -2.11. The van der Waals surface area contributed by atoms with Gasteiger partial charge in [0.25, 0.3) is 0 Å². The molecule has 16 heavy (non-hydrogen) atoms. The molecule has 6 heteroatoms. The molecule has 0 atom stereocenters. The van der Waals surface area contributed by atoms with E-state index in [1.54, 1.807) is 0 Å². The third-order valence-electron chi connectivity index (χ3n) is 1.86.